The Morgan fingerprint density at radius 1 is 0.930 bits per heavy atom. The van der Waals surface area contributed by atoms with E-state index in [0.717, 1.165) is 11.8 Å². The van der Waals surface area contributed by atoms with Gasteiger partial charge in [-0.25, -0.2) is 5.43 Å². The van der Waals surface area contributed by atoms with E-state index in [4.69, 9.17) is 11.5 Å². The average Bonchev–Trinajstić information content (AvgIpc) is 3.78. The van der Waals surface area contributed by atoms with Crippen molar-refractivity contribution < 1.29 is 75.0 Å². The molecule has 1 saturated heterocycles. The molecular weight excluding hydrogens is 758 g/mol. The number of amides is 4. The van der Waals surface area contributed by atoms with Crippen LogP contribution in [0.5, 0.6) is 0 Å². The minimum Gasteiger partial charge on any atom is -0.376 e. The van der Waals surface area contributed by atoms with Crippen LogP contribution in [0.3, 0.4) is 0 Å². The molecule has 3 fully saturated rings. The SMILES string of the molecule is CCC1(NN(C=O)C(C(=O)N2CC(C(C)CC(C)C)CC2C(=O)NC(CCC(C)(N)O)C(=O)C(=O)NC2CC2)C(C)C)C(N)(O)C(O)(O)C(O)(O)C(O)(O)C1(O)O. The van der Waals surface area contributed by atoms with E-state index in [1.54, 1.807) is 0 Å². The van der Waals surface area contributed by atoms with Gasteiger partial charge in [0.2, 0.25) is 29.8 Å². The van der Waals surface area contributed by atoms with Gasteiger partial charge < -0.3 is 72.3 Å². The molecule has 22 heteroatoms. The number of rotatable bonds is 18. The number of carbonyl (C=O) groups is 5. The first-order chi connectivity index (χ1) is 25.8. The number of hydrogen-bond acceptors (Lipinski definition) is 18. The molecule has 1 aliphatic heterocycles. The van der Waals surface area contributed by atoms with Crippen molar-refractivity contribution in [2.45, 2.75) is 158 Å². The second-order valence-corrected chi connectivity index (χ2v) is 17.2. The first-order valence-corrected chi connectivity index (χ1v) is 19.1. The number of hydrazine groups is 1. The molecule has 8 unspecified atom stereocenters. The summed E-state index contributed by atoms with van der Waals surface area (Å²) < 4.78 is 0. The fourth-order valence-electron chi connectivity index (χ4n) is 7.97. The van der Waals surface area contributed by atoms with Gasteiger partial charge in [-0.2, -0.15) is 0 Å². The zero-order chi connectivity index (χ0) is 44.1. The Hall–Kier alpha value is -2.97. The van der Waals surface area contributed by atoms with Gasteiger partial charge in [0.1, 0.15) is 23.3 Å². The van der Waals surface area contributed by atoms with Crippen LogP contribution in [0.25, 0.3) is 0 Å². The Morgan fingerprint density at radius 2 is 1.47 bits per heavy atom. The minimum atomic E-state index is -4.78. The van der Waals surface area contributed by atoms with E-state index in [1.807, 2.05) is 20.8 Å². The van der Waals surface area contributed by atoms with Crippen LogP contribution in [0.4, 0.5) is 0 Å². The quantitative estimate of drug-likeness (QED) is 0.0265. The first-order valence-electron chi connectivity index (χ1n) is 19.1. The van der Waals surface area contributed by atoms with Crippen molar-refractivity contribution in [3.05, 3.63) is 0 Å². The third kappa shape index (κ3) is 8.69. The number of nitrogens with zero attached hydrogens (tertiary/aromatic N) is 2. The maximum atomic E-state index is 14.7. The highest BCUT2D eigenvalue weighted by molar-refractivity contribution is 6.38. The van der Waals surface area contributed by atoms with Crippen LogP contribution in [0.15, 0.2) is 0 Å². The summed E-state index contributed by atoms with van der Waals surface area (Å²) in [6.45, 7) is 10.9. The van der Waals surface area contributed by atoms with E-state index in [0.29, 0.717) is 24.3 Å². The molecule has 3 rings (SSSR count). The van der Waals surface area contributed by atoms with Gasteiger partial charge in [-0.05, 0) is 75.5 Å². The molecule has 4 amide bonds. The molecule has 0 aromatic rings. The van der Waals surface area contributed by atoms with Gasteiger partial charge in [0.15, 0.2) is 5.72 Å². The molecule has 0 bridgehead atoms. The largest absolute Gasteiger partial charge is 0.376 e. The monoisotopic (exact) mass is 821 g/mol. The lowest BCUT2D eigenvalue weighted by Crippen LogP contribution is -3.00. The van der Waals surface area contributed by atoms with Gasteiger partial charge in [0.05, 0.1) is 6.04 Å². The van der Waals surface area contributed by atoms with Crippen molar-refractivity contribution in [3.63, 3.8) is 0 Å². The van der Waals surface area contributed by atoms with Gasteiger partial charge in [-0.1, -0.05) is 41.5 Å². The fraction of sp³-hybridized carbons (Fsp3) is 0.857. The smallest absolute Gasteiger partial charge is 0.289 e. The van der Waals surface area contributed by atoms with E-state index in [1.165, 1.54) is 20.8 Å². The summed E-state index contributed by atoms with van der Waals surface area (Å²) >= 11 is 0. The summed E-state index contributed by atoms with van der Waals surface area (Å²) in [5.41, 5.74) is 4.15. The molecule has 0 aromatic heterocycles. The van der Waals surface area contributed by atoms with Crippen molar-refractivity contribution in [1.29, 1.82) is 0 Å². The summed E-state index contributed by atoms with van der Waals surface area (Å²) in [7, 11) is 0. The highest BCUT2D eigenvalue weighted by atomic mass is 16.7. The van der Waals surface area contributed by atoms with Crippen molar-refractivity contribution in [2.75, 3.05) is 6.54 Å². The molecule has 1 heterocycles. The number of carbonyl (C=O) groups excluding carboxylic acids is 5. The molecular formula is C35H63N7O15. The summed E-state index contributed by atoms with van der Waals surface area (Å²) in [5.74, 6) is -23.6. The maximum absolute atomic E-state index is 14.7. The van der Waals surface area contributed by atoms with Crippen molar-refractivity contribution in [1.82, 2.24) is 26.0 Å². The van der Waals surface area contributed by atoms with Crippen LogP contribution in [0.1, 0.15) is 93.4 Å². The Morgan fingerprint density at radius 3 is 1.93 bits per heavy atom. The summed E-state index contributed by atoms with van der Waals surface area (Å²) in [4.78, 5) is 69.1. The van der Waals surface area contributed by atoms with Crippen molar-refractivity contribution >= 4 is 29.9 Å². The van der Waals surface area contributed by atoms with Crippen LogP contribution < -0.4 is 27.5 Å². The van der Waals surface area contributed by atoms with Crippen LogP contribution in [0, 0.1) is 23.7 Å². The standard InChI is InChI=1S/C35H63N7O15/c1-8-30(31(37,49)33(52,53)35(56,57)34(54,55)32(30,50)51)40-42(16-43)24(18(4)5)28(47)41-15-20(19(6)13-17(2)3)14-23(41)26(45)39-22(11-12-29(7,36)48)25(44)27(46)38-21-9-10-21/h16-24,40,48-57H,8-15,36-37H2,1-7H3,(H,38,46)(H,39,45). The molecule has 3 aliphatic rings. The number of aliphatic hydroxyl groups is 10. The van der Waals surface area contributed by atoms with E-state index < -0.39 is 94.1 Å². The molecule has 22 nitrogen and oxygen atoms in total. The molecule has 17 N–H and O–H groups in total. The highest BCUT2D eigenvalue weighted by Crippen LogP contribution is 2.54. The number of hydrogen-bond donors (Lipinski definition) is 15. The molecule has 8 atom stereocenters. The fourth-order valence-corrected chi connectivity index (χ4v) is 7.97. The minimum absolute atomic E-state index is 0.0383. The molecule has 0 radical (unpaired) electrons. The Labute approximate surface area is 330 Å². The zero-order valence-electron chi connectivity index (χ0n) is 33.4. The maximum Gasteiger partial charge on any atom is 0.289 e. The van der Waals surface area contributed by atoms with E-state index in [2.05, 4.69) is 16.1 Å². The lowest BCUT2D eigenvalue weighted by molar-refractivity contribution is -0.574. The molecule has 328 valence electrons. The molecule has 2 saturated carbocycles. The van der Waals surface area contributed by atoms with E-state index in [-0.39, 0.29) is 56.0 Å². The lowest BCUT2D eigenvalue weighted by atomic mass is 9.60. The topological polar surface area (TPSA) is 382 Å². The summed E-state index contributed by atoms with van der Waals surface area (Å²) in [5, 5.41) is 113. The normalized spacial score (nSPS) is 30.2. The van der Waals surface area contributed by atoms with Gasteiger partial charge >= 0.3 is 0 Å². The van der Waals surface area contributed by atoms with Crippen LogP contribution in [-0.4, -0.2) is 162 Å². The summed E-state index contributed by atoms with van der Waals surface area (Å²) in [6, 6.07) is -4.83. The van der Waals surface area contributed by atoms with Crippen LogP contribution in [0.2, 0.25) is 0 Å². The number of likely N-dealkylation sites (tertiary alicyclic amines) is 1. The average molecular weight is 822 g/mol. The number of Topliss-reactive ketones (excluding diaryl/α,β-unsaturated/α-hetero) is 1. The Bertz CT molecular complexity index is 1480. The third-order valence-corrected chi connectivity index (χ3v) is 11.7. The predicted octanol–water partition coefficient (Wildman–Crippen LogP) is -5.81. The second-order valence-electron chi connectivity index (χ2n) is 17.2. The Balaban J connectivity index is 2.10. The zero-order valence-corrected chi connectivity index (χ0v) is 33.4. The summed E-state index contributed by atoms with van der Waals surface area (Å²) in [6.07, 6.45) is 0.394. The van der Waals surface area contributed by atoms with Gasteiger partial charge in [-0.3, -0.25) is 34.7 Å². The van der Waals surface area contributed by atoms with Gasteiger partial charge in [0, 0.05) is 12.6 Å². The van der Waals surface area contributed by atoms with E-state index in [9.17, 15) is 75.0 Å². The van der Waals surface area contributed by atoms with Gasteiger partial charge in [-0.15, -0.1) is 0 Å². The number of ketones is 1. The molecule has 0 aromatic carbocycles. The van der Waals surface area contributed by atoms with Crippen LogP contribution >= 0.6 is 0 Å². The van der Waals surface area contributed by atoms with Crippen LogP contribution in [-0.2, 0) is 24.0 Å². The van der Waals surface area contributed by atoms with Crippen molar-refractivity contribution in [2.24, 2.45) is 35.1 Å². The molecule has 0 spiro atoms. The van der Waals surface area contributed by atoms with Gasteiger partial charge in [0.25, 0.3) is 23.3 Å². The molecule has 57 heavy (non-hydrogen) atoms. The van der Waals surface area contributed by atoms with E-state index >= 15 is 0 Å². The molecule has 2 aliphatic carbocycles. The predicted molar refractivity (Wildman–Crippen MR) is 195 cm³/mol. The van der Waals surface area contributed by atoms with Crippen molar-refractivity contribution in [3.8, 4) is 0 Å². The number of nitrogens with one attached hydrogen (secondary N) is 3. The highest BCUT2D eigenvalue weighted by Gasteiger charge is 2.89. The number of nitrogens with two attached hydrogens (primary N) is 2. The Kier molecular flexibility index (Phi) is 14.1. The third-order valence-electron chi connectivity index (χ3n) is 11.7. The second kappa shape index (κ2) is 16.6. The first kappa shape index (κ1) is 48.4. The lowest BCUT2D eigenvalue weighted by Gasteiger charge is -2.66.